The Hall–Kier alpha value is -2.15. The van der Waals surface area contributed by atoms with Crippen LogP contribution in [0.2, 0.25) is 0 Å². The van der Waals surface area contributed by atoms with Crippen LogP contribution in [0.1, 0.15) is 17.3 Å². The van der Waals surface area contributed by atoms with Crippen LogP contribution < -0.4 is 10.6 Å². The lowest BCUT2D eigenvalue weighted by molar-refractivity contribution is 0.102. The Labute approximate surface area is 110 Å². The van der Waals surface area contributed by atoms with Gasteiger partial charge in [-0.15, -0.1) is 0 Å². The van der Waals surface area contributed by atoms with Crippen molar-refractivity contribution in [3.63, 3.8) is 0 Å². The lowest BCUT2D eigenvalue weighted by Gasteiger charge is -2.03. The minimum Gasteiger partial charge on any atom is -0.301 e. The summed E-state index contributed by atoms with van der Waals surface area (Å²) in [7, 11) is -3.30. The topological polar surface area (TPSA) is 94.4 Å². The van der Waals surface area contributed by atoms with Crippen LogP contribution in [0.4, 0.5) is 4.79 Å². The summed E-state index contributed by atoms with van der Waals surface area (Å²) in [4.78, 5) is 23.3. The summed E-state index contributed by atoms with van der Waals surface area (Å²) in [6.07, 6.45) is 1.09. The van der Waals surface area contributed by atoms with Crippen LogP contribution in [0.25, 0.3) is 0 Å². The highest BCUT2D eigenvalue weighted by Gasteiger charge is 2.25. The number of carbonyl (C=O) groups is 2. The van der Waals surface area contributed by atoms with Crippen LogP contribution in [0.3, 0.4) is 0 Å². The first-order valence-electron chi connectivity index (χ1n) is 5.37. The molecule has 0 aromatic heterocycles. The number of nitrogens with one attached hydrogen (secondary N) is 1. The Morgan fingerprint density at radius 2 is 1.79 bits per heavy atom. The Kier molecular flexibility index (Phi) is 3.15. The predicted molar refractivity (Wildman–Crippen MR) is 67.2 cm³/mol. The van der Waals surface area contributed by atoms with Gasteiger partial charge in [-0.2, -0.15) is 5.32 Å². The molecule has 0 spiro atoms. The Morgan fingerprint density at radius 3 is 2.21 bits per heavy atom. The van der Waals surface area contributed by atoms with Crippen LogP contribution in [-0.2, 0) is 9.84 Å². The second kappa shape index (κ2) is 4.51. The summed E-state index contributed by atoms with van der Waals surface area (Å²) >= 11 is 0. The highest BCUT2D eigenvalue weighted by atomic mass is 32.2. The first-order valence-corrected chi connectivity index (χ1v) is 7.26. The van der Waals surface area contributed by atoms with Gasteiger partial charge in [0, 0.05) is 11.8 Å². The smallest absolute Gasteiger partial charge is 0.301 e. The molecule has 0 unspecified atom stereocenters. The maximum Gasteiger partial charge on any atom is 0.345 e. The molecule has 2 rings (SSSR count). The molecule has 1 aliphatic heterocycles. The average molecular weight is 279 g/mol. The molecule has 1 radical (unpaired) electrons. The van der Waals surface area contributed by atoms with Gasteiger partial charge in [-0.05, 0) is 31.2 Å². The van der Waals surface area contributed by atoms with Gasteiger partial charge < -0.3 is 5.32 Å². The van der Waals surface area contributed by atoms with Gasteiger partial charge in [0.05, 0.1) is 10.6 Å². The molecule has 0 saturated carbocycles. The first-order chi connectivity index (χ1) is 8.79. The summed E-state index contributed by atoms with van der Waals surface area (Å²) < 4.78 is 22.6. The monoisotopic (exact) mass is 279 g/mol. The van der Waals surface area contributed by atoms with E-state index >= 15 is 0 Å². The minimum atomic E-state index is -3.30. The predicted octanol–water partition coefficient (Wildman–Crippen LogP) is 0.832. The third kappa shape index (κ3) is 2.65. The quantitative estimate of drug-likeness (QED) is 0.829. The number of Topliss-reactive ketones (excluding diaryl/α,β-unsaturated/α-hetero) is 1. The number of allylic oxidation sites excluding steroid dienone is 2. The maximum absolute atomic E-state index is 12.1. The minimum absolute atomic E-state index is 0.122. The van der Waals surface area contributed by atoms with Gasteiger partial charge in [0.15, 0.2) is 9.84 Å². The second-order valence-corrected chi connectivity index (χ2v) is 6.14. The standard InChI is InChI=1S/C12H11N2O4S/c1-7-10(14-12(16)13-7)11(15)8-3-5-9(6-4-8)19(2,17)18/h3-6H,1-2H3,(H,14,16). The molecule has 2 amide bonds. The molecule has 0 fully saturated rings. The number of hydrogen-bond donors (Lipinski definition) is 1. The summed E-state index contributed by atoms with van der Waals surface area (Å²) in [6, 6.07) is 4.94. The molecule has 7 heteroatoms. The van der Waals surface area contributed by atoms with E-state index in [1.807, 2.05) is 0 Å². The molecule has 1 aromatic carbocycles. The lowest BCUT2D eigenvalue weighted by atomic mass is 10.1. The molecule has 0 atom stereocenters. The fraction of sp³-hybridized carbons (Fsp3) is 0.167. The van der Waals surface area contributed by atoms with Crippen LogP contribution in [-0.4, -0.2) is 26.5 Å². The zero-order valence-corrected chi connectivity index (χ0v) is 11.1. The molecule has 1 aliphatic rings. The average Bonchev–Trinajstić information content (AvgIpc) is 2.66. The molecule has 99 valence electrons. The van der Waals surface area contributed by atoms with Crippen molar-refractivity contribution in [2.45, 2.75) is 11.8 Å². The van der Waals surface area contributed by atoms with E-state index in [1.54, 1.807) is 6.92 Å². The van der Waals surface area contributed by atoms with Gasteiger partial charge in [-0.3, -0.25) is 4.79 Å². The number of sulfone groups is 1. The molecule has 0 bridgehead atoms. The molecule has 1 N–H and O–H groups in total. The number of carbonyl (C=O) groups excluding carboxylic acids is 2. The van der Waals surface area contributed by atoms with E-state index < -0.39 is 21.7 Å². The van der Waals surface area contributed by atoms with E-state index in [1.165, 1.54) is 24.3 Å². The van der Waals surface area contributed by atoms with E-state index in [-0.39, 0.29) is 10.6 Å². The highest BCUT2D eigenvalue weighted by molar-refractivity contribution is 7.90. The zero-order chi connectivity index (χ0) is 14.2. The SMILES string of the molecule is CC1=C(C(=O)c2ccc(S(C)(=O)=O)cc2)NC(=O)[N]1. The van der Waals surface area contributed by atoms with Gasteiger partial charge in [-0.1, -0.05) is 0 Å². The number of amides is 2. The summed E-state index contributed by atoms with van der Waals surface area (Å²) in [5.74, 6) is -0.396. The lowest BCUT2D eigenvalue weighted by Crippen LogP contribution is -2.22. The Balaban J connectivity index is 2.31. The van der Waals surface area contributed by atoms with Crippen molar-refractivity contribution < 1.29 is 18.0 Å². The van der Waals surface area contributed by atoms with Gasteiger partial charge >= 0.3 is 6.03 Å². The number of ketones is 1. The van der Waals surface area contributed by atoms with Crippen molar-refractivity contribution in [3.8, 4) is 0 Å². The molecule has 1 aromatic rings. The normalized spacial score (nSPS) is 15.2. The van der Waals surface area contributed by atoms with Crippen LogP contribution in [0.5, 0.6) is 0 Å². The van der Waals surface area contributed by atoms with Crippen LogP contribution in [0.15, 0.2) is 40.6 Å². The third-order valence-corrected chi connectivity index (χ3v) is 3.76. The van der Waals surface area contributed by atoms with E-state index in [0.29, 0.717) is 11.3 Å². The summed E-state index contributed by atoms with van der Waals surface area (Å²) in [5, 5.41) is 5.94. The number of rotatable bonds is 3. The third-order valence-electron chi connectivity index (χ3n) is 2.63. The molecule has 19 heavy (non-hydrogen) atoms. The van der Waals surface area contributed by atoms with Crippen LogP contribution in [0, 0.1) is 0 Å². The molecule has 0 saturated heterocycles. The second-order valence-electron chi connectivity index (χ2n) is 4.13. The maximum atomic E-state index is 12.1. The number of benzene rings is 1. The fourth-order valence-corrected chi connectivity index (χ4v) is 2.28. The molecule has 0 aliphatic carbocycles. The Morgan fingerprint density at radius 1 is 1.21 bits per heavy atom. The van der Waals surface area contributed by atoms with Crippen molar-refractivity contribution in [2.75, 3.05) is 6.26 Å². The van der Waals surface area contributed by atoms with Gasteiger partial charge in [0.1, 0.15) is 5.70 Å². The zero-order valence-electron chi connectivity index (χ0n) is 10.3. The number of hydrogen-bond acceptors (Lipinski definition) is 4. The van der Waals surface area contributed by atoms with Crippen LogP contribution >= 0.6 is 0 Å². The van der Waals surface area contributed by atoms with Crippen molar-refractivity contribution in [3.05, 3.63) is 41.2 Å². The van der Waals surface area contributed by atoms with Gasteiger partial charge in [-0.25, -0.2) is 13.2 Å². The highest BCUT2D eigenvalue weighted by Crippen LogP contribution is 2.16. The van der Waals surface area contributed by atoms with E-state index in [4.69, 9.17) is 0 Å². The van der Waals surface area contributed by atoms with Crippen molar-refractivity contribution in [1.82, 2.24) is 10.6 Å². The molecular weight excluding hydrogens is 268 g/mol. The van der Waals surface area contributed by atoms with E-state index in [2.05, 4.69) is 10.6 Å². The van der Waals surface area contributed by atoms with E-state index in [0.717, 1.165) is 6.26 Å². The van der Waals surface area contributed by atoms with Crippen molar-refractivity contribution >= 4 is 21.7 Å². The summed E-state index contributed by atoms with van der Waals surface area (Å²) in [5.41, 5.74) is 0.735. The first kappa shape index (κ1) is 13.3. The van der Waals surface area contributed by atoms with Gasteiger partial charge in [0.2, 0.25) is 5.78 Å². The summed E-state index contributed by atoms with van der Waals surface area (Å²) in [6.45, 7) is 1.55. The number of urea groups is 1. The van der Waals surface area contributed by atoms with Crippen molar-refractivity contribution in [2.24, 2.45) is 0 Å². The van der Waals surface area contributed by atoms with E-state index in [9.17, 15) is 18.0 Å². The molecule has 6 nitrogen and oxygen atoms in total. The van der Waals surface area contributed by atoms with Crippen molar-refractivity contribution in [1.29, 1.82) is 0 Å². The van der Waals surface area contributed by atoms with Gasteiger partial charge in [0.25, 0.3) is 0 Å². The fourth-order valence-electron chi connectivity index (χ4n) is 1.65. The molecular formula is C12H11N2O4S. The Bertz CT molecular complexity index is 687. The molecule has 1 heterocycles. The number of nitrogens with zero attached hydrogens (tertiary/aromatic N) is 1. The largest absolute Gasteiger partial charge is 0.345 e.